The monoisotopic (exact) mass is 806 g/mol. The highest BCUT2D eigenvalue weighted by atomic mass is 31.2. The summed E-state index contributed by atoms with van der Waals surface area (Å²) in [5, 5.41) is 0. The predicted octanol–water partition coefficient (Wildman–Crippen LogP) is 11.6. The maximum absolute atomic E-state index is 12.6. The first-order valence-corrected chi connectivity index (χ1v) is 23.1. The van der Waals surface area contributed by atoms with E-state index in [4.69, 9.17) is 18.5 Å². The van der Waals surface area contributed by atoms with Crippen molar-refractivity contribution in [2.24, 2.45) is 0 Å². The fourth-order valence-corrected chi connectivity index (χ4v) is 5.99. The number of hydrogen-bond donors (Lipinski definition) is 0. The number of unbranched alkanes of at least 4 members (excludes halogenated alkanes) is 12. The number of hydrogen-bond acceptors (Lipinski definition) is 8. The molecule has 9 nitrogen and oxygen atoms in total. The Morgan fingerprint density at radius 1 is 0.554 bits per heavy atom. The number of ether oxygens (including phenoxy) is 2. The van der Waals surface area contributed by atoms with Gasteiger partial charge in [0.25, 0.3) is 7.82 Å². The van der Waals surface area contributed by atoms with Crippen LogP contribution in [0, 0.1) is 0 Å². The third kappa shape index (κ3) is 41.1. The lowest BCUT2D eigenvalue weighted by molar-refractivity contribution is -0.870. The van der Waals surface area contributed by atoms with Gasteiger partial charge in [0.15, 0.2) is 6.10 Å². The molecule has 322 valence electrons. The van der Waals surface area contributed by atoms with Crippen LogP contribution in [0.2, 0.25) is 0 Å². The minimum Gasteiger partial charge on any atom is -0.756 e. The standard InChI is InChI=1S/C46H80NO8P/c1-6-8-10-12-14-16-18-20-22-23-25-27-29-31-33-35-37-39-46(49)55-44(43-54-56(50,51)53-41-40-47(3,4)5)42-52-45(48)38-36-34-32-30-28-26-24-21-19-17-15-13-11-9-7-2/h14-17,20-22,24-25,27,31,33,44H,6-13,18-19,23,26,28-30,32,34-43H2,1-5H3/b16-14-,17-15-,22-20-,24-21-,27-25-,33-31-. The van der Waals surface area contributed by atoms with Crippen LogP contribution in [0.15, 0.2) is 72.9 Å². The summed E-state index contributed by atoms with van der Waals surface area (Å²) in [5.41, 5.74) is 0. The molecule has 0 saturated carbocycles. The number of quaternary nitrogens is 1. The summed E-state index contributed by atoms with van der Waals surface area (Å²) in [6, 6.07) is 0. The number of likely N-dealkylation sites (N-methyl/N-ethyl adjacent to an activating group) is 1. The molecule has 10 heteroatoms. The second-order valence-electron chi connectivity index (χ2n) is 15.3. The molecule has 0 amide bonds. The first kappa shape index (κ1) is 53.5. The summed E-state index contributed by atoms with van der Waals surface area (Å²) >= 11 is 0. The number of allylic oxidation sites excluding steroid dienone is 12. The second-order valence-corrected chi connectivity index (χ2v) is 16.8. The Labute approximate surface area is 342 Å². The lowest BCUT2D eigenvalue weighted by atomic mass is 10.1. The van der Waals surface area contributed by atoms with Crippen LogP contribution in [0.25, 0.3) is 0 Å². The van der Waals surface area contributed by atoms with E-state index in [2.05, 4.69) is 80.7 Å². The van der Waals surface area contributed by atoms with Crippen molar-refractivity contribution in [1.29, 1.82) is 0 Å². The van der Waals surface area contributed by atoms with Crippen LogP contribution in [-0.4, -0.2) is 70.0 Å². The fraction of sp³-hybridized carbons (Fsp3) is 0.696. The van der Waals surface area contributed by atoms with Crippen molar-refractivity contribution >= 4 is 19.8 Å². The van der Waals surface area contributed by atoms with Crippen molar-refractivity contribution in [3.63, 3.8) is 0 Å². The van der Waals surface area contributed by atoms with Gasteiger partial charge in [-0.3, -0.25) is 14.2 Å². The van der Waals surface area contributed by atoms with Crippen LogP contribution >= 0.6 is 7.82 Å². The van der Waals surface area contributed by atoms with E-state index in [-0.39, 0.29) is 26.1 Å². The Morgan fingerprint density at radius 3 is 1.48 bits per heavy atom. The molecule has 0 heterocycles. The van der Waals surface area contributed by atoms with E-state index >= 15 is 0 Å². The number of carbonyl (C=O) groups is 2. The molecule has 0 saturated heterocycles. The van der Waals surface area contributed by atoms with Gasteiger partial charge < -0.3 is 27.9 Å². The zero-order valence-electron chi connectivity index (χ0n) is 36.1. The summed E-state index contributed by atoms with van der Waals surface area (Å²) in [5.74, 6) is -0.923. The van der Waals surface area contributed by atoms with Crippen molar-refractivity contribution in [3.05, 3.63) is 72.9 Å². The topological polar surface area (TPSA) is 111 Å². The third-order valence-corrected chi connectivity index (χ3v) is 9.66. The minimum atomic E-state index is -4.65. The molecule has 2 unspecified atom stereocenters. The lowest BCUT2D eigenvalue weighted by Crippen LogP contribution is -2.37. The molecule has 0 aliphatic heterocycles. The number of nitrogens with zero attached hydrogens (tertiary/aromatic N) is 1. The first-order chi connectivity index (χ1) is 27.0. The van der Waals surface area contributed by atoms with Crippen LogP contribution in [0.3, 0.4) is 0 Å². The molecule has 0 rings (SSSR count). The van der Waals surface area contributed by atoms with Gasteiger partial charge in [0.1, 0.15) is 19.8 Å². The summed E-state index contributed by atoms with van der Waals surface area (Å²) in [6.07, 6.45) is 46.5. The highest BCUT2D eigenvalue weighted by Gasteiger charge is 2.21. The first-order valence-electron chi connectivity index (χ1n) is 21.6. The Balaban J connectivity index is 4.52. The number of rotatable bonds is 38. The van der Waals surface area contributed by atoms with E-state index in [0.717, 1.165) is 57.8 Å². The number of esters is 2. The van der Waals surface area contributed by atoms with Gasteiger partial charge in [-0.2, -0.15) is 0 Å². The van der Waals surface area contributed by atoms with Crippen molar-refractivity contribution < 1.29 is 42.1 Å². The van der Waals surface area contributed by atoms with Crippen LogP contribution in [0.4, 0.5) is 0 Å². The molecule has 0 radical (unpaired) electrons. The van der Waals surface area contributed by atoms with Crippen molar-refractivity contribution in [3.8, 4) is 0 Å². The van der Waals surface area contributed by atoms with Gasteiger partial charge in [0, 0.05) is 12.8 Å². The SMILES string of the molecule is CCCCC/C=C\C/C=C\C/C=C\C/C=C\CCCC(=O)OC(COC(=O)CCCCCCC/C=C\C/C=C\CCCCC)COP(=O)([O-])OCC[N+](C)(C)C. The normalized spacial score (nSPS) is 14.3. The Morgan fingerprint density at radius 2 is 0.982 bits per heavy atom. The third-order valence-electron chi connectivity index (χ3n) is 8.70. The second kappa shape index (κ2) is 38.0. The van der Waals surface area contributed by atoms with Gasteiger partial charge in [0.05, 0.1) is 27.7 Å². The maximum Gasteiger partial charge on any atom is 0.306 e. The van der Waals surface area contributed by atoms with Crippen LogP contribution in [0.1, 0.15) is 155 Å². The molecule has 0 aromatic rings. The molecule has 0 spiro atoms. The van der Waals surface area contributed by atoms with Crippen molar-refractivity contribution in [1.82, 2.24) is 0 Å². The molecular weight excluding hydrogens is 725 g/mol. The van der Waals surface area contributed by atoms with E-state index in [9.17, 15) is 19.0 Å². The molecule has 56 heavy (non-hydrogen) atoms. The van der Waals surface area contributed by atoms with Gasteiger partial charge in [-0.25, -0.2) is 0 Å². The molecule has 0 aliphatic carbocycles. The summed E-state index contributed by atoms with van der Waals surface area (Å²) in [6.45, 7) is 4.07. The van der Waals surface area contributed by atoms with Gasteiger partial charge in [-0.05, 0) is 83.5 Å². The van der Waals surface area contributed by atoms with E-state index in [1.807, 2.05) is 27.2 Å². The Hall–Kier alpha value is -2.55. The largest absolute Gasteiger partial charge is 0.756 e. The van der Waals surface area contributed by atoms with E-state index in [1.165, 1.54) is 51.4 Å². The lowest BCUT2D eigenvalue weighted by Gasteiger charge is -2.28. The van der Waals surface area contributed by atoms with Crippen LogP contribution in [-0.2, 0) is 32.7 Å². The van der Waals surface area contributed by atoms with Gasteiger partial charge >= 0.3 is 11.9 Å². The summed E-state index contributed by atoms with van der Waals surface area (Å²) in [4.78, 5) is 37.5. The van der Waals surface area contributed by atoms with E-state index < -0.39 is 32.5 Å². The highest BCUT2D eigenvalue weighted by Crippen LogP contribution is 2.38. The number of phosphoric ester groups is 1. The maximum atomic E-state index is 12.6. The predicted molar refractivity (Wildman–Crippen MR) is 231 cm³/mol. The Kier molecular flexibility index (Phi) is 36.3. The summed E-state index contributed by atoms with van der Waals surface area (Å²) in [7, 11) is 1.11. The zero-order chi connectivity index (χ0) is 41.4. The smallest absolute Gasteiger partial charge is 0.306 e. The molecule has 2 atom stereocenters. The molecule has 0 fully saturated rings. The number of carbonyl (C=O) groups excluding carboxylic acids is 2. The fourth-order valence-electron chi connectivity index (χ4n) is 5.26. The molecule has 0 aromatic carbocycles. The van der Waals surface area contributed by atoms with E-state index in [1.54, 1.807) is 0 Å². The van der Waals surface area contributed by atoms with Gasteiger partial charge in [-0.15, -0.1) is 0 Å². The average Bonchev–Trinajstić information content (AvgIpc) is 3.15. The summed E-state index contributed by atoms with van der Waals surface area (Å²) < 4.78 is 33.8. The molecular formula is C46H80NO8P. The Bertz CT molecular complexity index is 1180. The average molecular weight is 806 g/mol. The van der Waals surface area contributed by atoms with Crippen molar-refractivity contribution in [2.45, 2.75) is 161 Å². The van der Waals surface area contributed by atoms with Gasteiger partial charge in [-0.1, -0.05) is 132 Å². The molecule has 0 aliphatic rings. The quantitative estimate of drug-likeness (QED) is 0.0199. The minimum absolute atomic E-state index is 0.0469. The van der Waals surface area contributed by atoms with E-state index in [0.29, 0.717) is 30.3 Å². The zero-order valence-corrected chi connectivity index (χ0v) is 36.9. The number of phosphoric acid groups is 1. The molecule has 0 aromatic heterocycles. The van der Waals surface area contributed by atoms with Gasteiger partial charge in [0.2, 0.25) is 0 Å². The highest BCUT2D eigenvalue weighted by molar-refractivity contribution is 7.45. The van der Waals surface area contributed by atoms with Crippen LogP contribution in [0.5, 0.6) is 0 Å². The molecule has 0 bridgehead atoms. The van der Waals surface area contributed by atoms with Crippen molar-refractivity contribution in [2.75, 3.05) is 47.5 Å². The molecule has 0 N–H and O–H groups in total. The van der Waals surface area contributed by atoms with Crippen LogP contribution < -0.4 is 4.89 Å².